The van der Waals surface area contributed by atoms with Crippen LogP contribution in [0.4, 0.5) is 0 Å². The standard InChI is InChI=1S/C13H20N2S/c1-2-4-10(3-1)9-15-12(11-5-6-11)13-14-7-8-16-13/h7-8,10-12,15H,1-6,9H2. The summed E-state index contributed by atoms with van der Waals surface area (Å²) in [4.78, 5) is 4.48. The van der Waals surface area contributed by atoms with E-state index >= 15 is 0 Å². The first-order valence-electron chi connectivity index (χ1n) is 6.56. The monoisotopic (exact) mass is 236 g/mol. The molecule has 3 rings (SSSR count). The summed E-state index contributed by atoms with van der Waals surface area (Å²) >= 11 is 1.81. The van der Waals surface area contributed by atoms with Gasteiger partial charge in [0.1, 0.15) is 5.01 Å². The number of nitrogens with one attached hydrogen (secondary N) is 1. The van der Waals surface area contributed by atoms with Crippen LogP contribution < -0.4 is 5.32 Å². The minimum absolute atomic E-state index is 0.556. The van der Waals surface area contributed by atoms with Crippen molar-refractivity contribution >= 4 is 11.3 Å². The van der Waals surface area contributed by atoms with Crippen molar-refractivity contribution in [2.24, 2.45) is 11.8 Å². The highest BCUT2D eigenvalue weighted by atomic mass is 32.1. The fourth-order valence-electron chi connectivity index (χ4n) is 2.78. The van der Waals surface area contributed by atoms with E-state index in [-0.39, 0.29) is 0 Å². The third kappa shape index (κ3) is 2.46. The molecule has 1 unspecified atom stereocenters. The quantitative estimate of drug-likeness (QED) is 0.848. The molecule has 1 aromatic rings. The smallest absolute Gasteiger partial charge is 0.110 e. The molecule has 3 heteroatoms. The van der Waals surface area contributed by atoms with Gasteiger partial charge in [-0.1, -0.05) is 12.8 Å². The lowest BCUT2D eigenvalue weighted by Gasteiger charge is -2.18. The van der Waals surface area contributed by atoms with Gasteiger partial charge in [-0.2, -0.15) is 0 Å². The van der Waals surface area contributed by atoms with Gasteiger partial charge >= 0.3 is 0 Å². The lowest BCUT2D eigenvalue weighted by Crippen LogP contribution is -2.27. The van der Waals surface area contributed by atoms with Gasteiger partial charge in [-0.15, -0.1) is 11.3 Å². The number of nitrogens with zero attached hydrogens (tertiary/aromatic N) is 1. The molecule has 0 aliphatic heterocycles. The van der Waals surface area contributed by atoms with E-state index in [1.165, 1.54) is 50.1 Å². The Morgan fingerprint density at radius 1 is 1.31 bits per heavy atom. The molecule has 0 radical (unpaired) electrons. The predicted octanol–water partition coefficient (Wildman–Crippen LogP) is 3.37. The zero-order valence-electron chi connectivity index (χ0n) is 9.69. The summed E-state index contributed by atoms with van der Waals surface area (Å²) in [5, 5.41) is 7.18. The highest BCUT2D eigenvalue weighted by molar-refractivity contribution is 7.09. The van der Waals surface area contributed by atoms with Crippen molar-refractivity contribution in [2.75, 3.05) is 6.54 Å². The minimum Gasteiger partial charge on any atom is -0.307 e. The molecule has 0 bridgehead atoms. The Bertz CT molecular complexity index is 313. The van der Waals surface area contributed by atoms with Crippen LogP contribution in [0.5, 0.6) is 0 Å². The number of thiazole rings is 1. The van der Waals surface area contributed by atoms with E-state index in [1.54, 1.807) is 0 Å². The van der Waals surface area contributed by atoms with E-state index in [1.807, 2.05) is 17.5 Å². The maximum Gasteiger partial charge on any atom is 0.110 e. The van der Waals surface area contributed by atoms with Gasteiger partial charge in [0.05, 0.1) is 6.04 Å². The highest BCUT2D eigenvalue weighted by Crippen LogP contribution is 2.41. The third-order valence-electron chi connectivity index (χ3n) is 3.91. The van der Waals surface area contributed by atoms with E-state index < -0.39 is 0 Å². The molecule has 0 saturated heterocycles. The van der Waals surface area contributed by atoms with Crippen molar-refractivity contribution < 1.29 is 0 Å². The van der Waals surface area contributed by atoms with Gasteiger partial charge in [0.15, 0.2) is 0 Å². The van der Waals surface area contributed by atoms with Gasteiger partial charge in [-0.05, 0) is 44.1 Å². The number of hydrogen-bond donors (Lipinski definition) is 1. The molecule has 1 atom stereocenters. The van der Waals surface area contributed by atoms with Gasteiger partial charge < -0.3 is 5.32 Å². The Kier molecular flexibility index (Phi) is 3.25. The van der Waals surface area contributed by atoms with Crippen LogP contribution in [0.3, 0.4) is 0 Å². The average molecular weight is 236 g/mol. The first kappa shape index (κ1) is 10.7. The summed E-state index contributed by atoms with van der Waals surface area (Å²) in [6.07, 6.45) is 10.5. The molecular weight excluding hydrogens is 216 g/mol. The molecule has 1 N–H and O–H groups in total. The molecular formula is C13H20N2S. The maximum absolute atomic E-state index is 4.48. The molecule has 1 aromatic heterocycles. The van der Waals surface area contributed by atoms with E-state index in [0.717, 1.165) is 11.8 Å². The van der Waals surface area contributed by atoms with E-state index in [4.69, 9.17) is 0 Å². The number of hydrogen-bond acceptors (Lipinski definition) is 3. The van der Waals surface area contributed by atoms with Crippen molar-refractivity contribution in [3.05, 3.63) is 16.6 Å². The van der Waals surface area contributed by atoms with Gasteiger partial charge in [0.25, 0.3) is 0 Å². The lowest BCUT2D eigenvalue weighted by atomic mass is 10.1. The third-order valence-corrected chi connectivity index (χ3v) is 4.77. The average Bonchev–Trinajstić information content (AvgIpc) is 2.83. The van der Waals surface area contributed by atoms with Crippen LogP contribution in [0.1, 0.15) is 49.6 Å². The molecule has 1 heterocycles. The van der Waals surface area contributed by atoms with Crippen LogP contribution in [0.2, 0.25) is 0 Å². The van der Waals surface area contributed by atoms with Gasteiger partial charge in [-0.25, -0.2) is 4.98 Å². The van der Waals surface area contributed by atoms with Crippen LogP contribution in [-0.2, 0) is 0 Å². The van der Waals surface area contributed by atoms with Crippen molar-refractivity contribution in [2.45, 2.75) is 44.6 Å². The molecule has 2 aliphatic carbocycles. The SMILES string of the molecule is c1csc(C(NCC2CCCC2)C2CC2)n1. The Hall–Kier alpha value is -0.410. The van der Waals surface area contributed by atoms with Crippen LogP contribution in [0.15, 0.2) is 11.6 Å². The normalized spacial score (nSPS) is 23.8. The van der Waals surface area contributed by atoms with Crippen molar-refractivity contribution in [1.29, 1.82) is 0 Å². The summed E-state index contributed by atoms with van der Waals surface area (Å²) in [7, 11) is 0. The first-order valence-corrected chi connectivity index (χ1v) is 7.44. The summed E-state index contributed by atoms with van der Waals surface area (Å²) in [5.41, 5.74) is 0. The van der Waals surface area contributed by atoms with Crippen molar-refractivity contribution in [3.8, 4) is 0 Å². The Balaban J connectivity index is 1.57. The van der Waals surface area contributed by atoms with Gasteiger partial charge in [-0.3, -0.25) is 0 Å². The fraction of sp³-hybridized carbons (Fsp3) is 0.769. The summed E-state index contributed by atoms with van der Waals surface area (Å²) in [6, 6.07) is 0.556. The highest BCUT2D eigenvalue weighted by Gasteiger charge is 2.34. The predicted molar refractivity (Wildman–Crippen MR) is 67.5 cm³/mol. The summed E-state index contributed by atoms with van der Waals surface area (Å²) in [6.45, 7) is 1.21. The second kappa shape index (κ2) is 4.84. The Labute approximate surface area is 101 Å². The maximum atomic E-state index is 4.48. The second-order valence-electron chi connectivity index (χ2n) is 5.24. The van der Waals surface area contributed by atoms with E-state index in [0.29, 0.717) is 6.04 Å². The first-order chi connectivity index (χ1) is 7.93. The molecule has 2 aliphatic rings. The summed E-state index contributed by atoms with van der Waals surface area (Å²) < 4.78 is 0. The largest absolute Gasteiger partial charge is 0.307 e. The zero-order chi connectivity index (χ0) is 10.8. The summed E-state index contributed by atoms with van der Waals surface area (Å²) in [5.74, 6) is 1.80. The van der Waals surface area contributed by atoms with Gasteiger partial charge in [0.2, 0.25) is 0 Å². The number of aromatic nitrogens is 1. The topological polar surface area (TPSA) is 24.9 Å². The van der Waals surface area contributed by atoms with Crippen LogP contribution in [0.25, 0.3) is 0 Å². The van der Waals surface area contributed by atoms with Gasteiger partial charge in [0, 0.05) is 11.6 Å². The van der Waals surface area contributed by atoms with Crippen molar-refractivity contribution in [1.82, 2.24) is 10.3 Å². The van der Waals surface area contributed by atoms with Crippen molar-refractivity contribution in [3.63, 3.8) is 0 Å². The lowest BCUT2D eigenvalue weighted by molar-refractivity contribution is 0.411. The Morgan fingerprint density at radius 2 is 2.12 bits per heavy atom. The van der Waals surface area contributed by atoms with E-state index in [9.17, 15) is 0 Å². The Morgan fingerprint density at radius 3 is 2.75 bits per heavy atom. The molecule has 0 aromatic carbocycles. The molecule has 16 heavy (non-hydrogen) atoms. The fourth-order valence-corrected chi connectivity index (χ4v) is 3.59. The molecule has 0 amide bonds. The van der Waals surface area contributed by atoms with Crippen LogP contribution >= 0.6 is 11.3 Å². The molecule has 2 fully saturated rings. The van der Waals surface area contributed by atoms with Crippen LogP contribution in [-0.4, -0.2) is 11.5 Å². The molecule has 88 valence electrons. The second-order valence-corrected chi connectivity index (χ2v) is 6.17. The molecule has 0 spiro atoms. The molecule has 2 saturated carbocycles. The van der Waals surface area contributed by atoms with E-state index in [2.05, 4.69) is 15.7 Å². The molecule has 2 nitrogen and oxygen atoms in total. The number of rotatable bonds is 5. The van der Waals surface area contributed by atoms with Crippen LogP contribution in [0, 0.1) is 11.8 Å². The minimum atomic E-state index is 0.556. The zero-order valence-corrected chi connectivity index (χ0v) is 10.5.